The minimum atomic E-state index is 0.0338. The molecule has 1 amide bonds. The molecular formula is C19H25N3O. The van der Waals surface area contributed by atoms with E-state index in [1.165, 1.54) is 0 Å². The van der Waals surface area contributed by atoms with Crippen LogP contribution in [0.2, 0.25) is 0 Å². The van der Waals surface area contributed by atoms with Gasteiger partial charge in [0.25, 0.3) is 5.91 Å². The van der Waals surface area contributed by atoms with Crippen molar-refractivity contribution >= 4 is 5.91 Å². The van der Waals surface area contributed by atoms with Gasteiger partial charge in [0.2, 0.25) is 0 Å². The molecule has 0 aliphatic heterocycles. The number of rotatable bonds is 8. The maximum absolute atomic E-state index is 12.7. The summed E-state index contributed by atoms with van der Waals surface area (Å²) in [4.78, 5) is 23.3. The van der Waals surface area contributed by atoms with Crippen LogP contribution in [0.5, 0.6) is 0 Å². The molecule has 0 atom stereocenters. The Bertz CT molecular complexity index is 588. The predicted molar refractivity (Wildman–Crippen MR) is 93.2 cm³/mol. The van der Waals surface area contributed by atoms with Crippen LogP contribution in [0.25, 0.3) is 11.4 Å². The number of benzene rings is 1. The molecular weight excluding hydrogens is 286 g/mol. The highest BCUT2D eigenvalue weighted by Gasteiger charge is 2.16. The van der Waals surface area contributed by atoms with Gasteiger partial charge in [-0.05, 0) is 12.8 Å². The molecule has 23 heavy (non-hydrogen) atoms. The maximum Gasteiger partial charge on any atom is 0.256 e. The molecule has 0 unspecified atom stereocenters. The second-order valence-electron chi connectivity index (χ2n) is 5.66. The summed E-state index contributed by atoms with van der Waals surface area (Å²) in [7, 11) is 0. The summed E-state index contributed by atoms with van der Waals surface area (Å²) in [6.07, 6.45) is 7.50. The molecule has 0 saturated carbocycles. The number of carbonyl (C=O) groups excluding carboxylic acids is 1. The average Bonchev–Trinajstić information content (AvgIpc) is 2.62. The molecule has 0 saturated heterocycles. The lowest BCUT2D eigenvalue weighted by molar-refractivity contribution is 0.0750. The zero-order valence-corrected chi connectivity index (χ0v) is 14.0. The standard InChI is InChI=1S/C19H25N3O/c1-3-5-12-22(13-6-4-2)19(23)17-14-20-18(21-15-17)16-10-8-7-9-11-16/h7-11,14-15H,3-6,12-13H2,1-2H3. The Morgan fingerprint density at radius 2 is 1.52 bits per heavy atom. The van der Waals surface area contributed by atoms with E-state index in [9.17, 15) is 4.79 Å². The van der Waals surface area contributed by atoms with Gasteiger partial charge in [-0.25, -0.2) is 9.97 Å². The van der Waals surface area contributed by atoms with Crippen LogP contribution in [-0.2, 0) is 0 Å². The van der Waals surface area contributed by atoms with E-state index in [1.54, 1.807) is 12.4 Å². The lowest BCUT2D eigenvalue weighted by Gasteiger charge is -2.22. The van der Waals surface area contributed by atoms with Gasteiger partial charge in [0.05, 0.1) is 5.56 Å². The SMILES string of the molecule is CCCCN(CCCC)C(=O)c1cnc(-c2ccccc2)nc1. The fourth-order valence-corrected chi connectivity index (χ4v) is 2.37. The van der Waals surface area contributed by atoms with E-state index in [0.717, 1.165) is 44.3 Å². The van der Waals surface area contributed by atoms with E-state index < -0.39 is 0 Å². The number of carbonyl (C=O) groups is 1. The molecule has 0 fully saturated rings. The first-order valence-electron chi connectivity index (χ1n) is 8.43. The molecule has 0 spiro atoms. The van der Waals surface area contributed by atoms with Crippen LogP contribution in [0.1, 0.15) is 49.9 Å². The molecule has 1 heterocycles. The molecule has 0 N–H and O–H groups in total. The highest BCUT2D eigenvalue weighted by atomic mass is 16.2. The third-order valence-corrected chi connectivity index (χ3v) is 3.78. The molecule has 1 aromatic heterocycles. The van der Waals surface area contributed by atoms with E-state index in [-0.39, 0.29) is 5.91 Å². The van der Waals surface area contributed by atoms with Crippen molar-refractivity contribution in [3.8, 4) is 11.4 Å². The molecule has 2 aromatic rings. The molecule has 4 nitrogen and oxygen atoms in total. The minimum Gasteiger partial charge on any atom is -0.339 e. The van der Waals surface area contributed by atoms with Gasteiger partial charge in [-0.3, -0.25) is 4.79 Å². The smallest absolute Gasteiger partial charge is 0.256 e. The van der Waals surface area contributed by atoms with E-state index >= 15 is 0 Å². The van der Waals surface area contributed by atoms with Crippen molar-refractivity contribution in [2.24, 2.45) is 0 Å². The summed E-state index contributed by atoms with van der Waals surface area (Å²) >= 11 is 0. The fourth-order valence-electron chi connectivity index (χ4n) is 2.37. The third-order valence-electron chi connectivity index (χ3n) is 3.78. The van der Waals surface area contributed by atoms with Gasteiger partial charge in [0, 0.05) is 31.0 Å². The van der Waals surface area contributed by atoms with Crippen molar-refractivity contribution in [3.05, 3.63) is 48.3 Å². The summed E-state index contributed by atoms with van der Waals surface area (Å²) in [6, 6.07) is 9.79. The highest BCUT2D eigenvalue weighted by Crippen LogP contribution is 2.14. The number of hydrogen-bond donors (Lipinski definition) is 0. The zero-order valence-electron chi connectivity index (χ0n) is 14.0. The van der Waals surface area contributed by atoms with Crippen molar-refractivity contribution in [3.63, 3.8) is 0 Å². The third kappa shape index (κ3) is 4.88. The van der Waals surface area contributed by atoms with Crippen molar-refractivity contribution in [1.29, 1.82) is 0 Å². The molecule has 0 aliphatic carbocycles. The summed E-state index contributed by atoms with van der Waals surface area (Å²) in [5.41, 5.74) is 1.53. The first-order chi connectivity index (χ1) is 11.3. The Kier molecular flexibility index (Phi) is 6.73. The second kappa shape index (κ2) is 9.03. The Morgan fingerprint density at radius 3 is 2.04 bits per heavy atom. The first kappa shape index (κ1) is 17.1. The van der Waals surface area contributed by atoms with Crippen LogP contribution < -0.4 is 0 Å². The van der Waals surface area contributed by atoms with Gasteiger partial charge in [-0.2, -0.15) is 0 Å². The first-order valence-corrected chi connectivity index (χ1v) is 8.43. The van der Waals surface area contributed by atoms with Crippen molar-refractivity contribution < 1.29 is 4.79 Å². The summed E-state index contributed by atoms with van der Waals surface area (Å²) in [5, 5.41) is 0. The molecule has 0 aliphatic rings. The molecule has 0 bridgehead atoms. The summed E-state index contributed by atoms with van der Waals surface area (Å²) in [5.74, 6) is 0.683. The van der Waals surface area contributed by atoms with E-state index in [2.05, 4.69) is 23.8 Å². The Labute approximate surface area is 138 Å². The lowest BCUT2D eigenvalue weighted by atomic mass is 10.2. The Balaban J connectivity index is 2.11. The number of aromatic nitrogens is 2. The van der Waals surface area contributed by atoms with Crippen LogP contribution in [-0.4, -0.2) is 33.9 Å². The van der Waals surface area contributed by atoms with Gasteiger partial charge in [0.1, 0.15) is 0 Å². The van der Waals surface area contributed by atoms with Crippen LogP contribution in [0.15, 0.2) is 42.7 Å². The molecule has 4 heteroatoms. The summed E-state index contributed by atoms with van der Waals surface area (Å²) in [6.45, 7) is 5.88. The average molecular weight is 311 g/mol. The van der Waals surface area contributed by atoms with Crippen LogP contribution >= 0.6 is 0 Å². The van der Waals surface area contributed by atoms with Crippen molar-refractivity contribution in [1.82, 2.24) is 14.9 Å². The molecule has 1 aromatic carbocycles. The van der Waals surface area contributed by atoms with Crippen LogP contribution in [0.4, 0.5) is 0 Å². The monoisotopic (exact) mass is 311 g/mol. The normalized spacial score (nSPS) is 10.5. The number of nitrogens with zero attached hydrogens (tertiary/aromatic N) is 3. The van der Waals surface area contributed by atoms with Crippen LogP contribution in [0.3, 0.4) is 0 Å². The fraction of sp³-hybridized carbons (Fsp3) is 0.421. The van der Waals surface area contributed by atoms with Gasteiger partial charge < -0.3 is 4.90 Å². The van der Waals surface area contributed by atoms with Crippen molar-refractivity contribution in [2.75, 3.05) is 13.1 Å². The Hall–Kier alpha value is -2.23. The topological polar surface area (TPSA) is 46.1 Å². The van der Waals surface area contributed by atoms with Gasteiger partial charge in [-0.1, -0.05) is 57.0 Å². The highest BCUT2D eigenvalue weighted by molar-refractivity contribution is 5.93. The molecule has 0 radical (unpaired) electrons. The predicted octanol–water partition coefficient (Wildman–Crippen LogP) is 4.19. The molecule has 122 valence electrons. The lowest BCUT2D eigenvalue weighted by Crippen LogP contribution is -2.33. The summed E-state index contributed by atoms with van der Waals surface area (Å²) < 4.78 is 0. The van der Waals surface area contributed by atoms with E-state index in [1.807, 2.05) is 35.2 Å². The quantitative estimate of drug-likeness (QED) is 0.734. The number of unbranched alkanes of at least 4 members (excludes halogenated alkanes) is 2. The van der Waals surface area contributed by atoms with Crippen molar-refractivity contribution in [2.45, 2.75) is 39.5 Å². The van der Waals surface area contributed by atoms with Gasteiger partial charge >= 0.3 is 0 Å². The minimum absolute atomic E-state index is 0.0338. The van der Waals surface area contributed by atoms with E-state index in [4.69, 9.17) is 0 Å². The van der Waals surface area contributed by atoms with Gasteiger partial charge in [-0.15, -0.1) is 0 Å². The maximum atomic E-state index is 12.7. The largest absolute Gasteiger partial charge is 0.339 e. The van der Waals surface area contributed by atoms with Gasteiger partial charge in [0.15, 0.2) is 5.82 Å². The Morgan fingerprint density at radius 1 is 0.957 bits per heavy atom. The van der Waals surface area contributed by atoms with E-state index in [0.29, 0.717) is 11.4 Å². The second-order valence-corrected chi connectivity index (χ2v) is 5.66. The number of amides is 1. The zero-order chi connectivity index (χ0) is 16.5. The molecule has 2 rings (SSSR count). The number of hydrogen-bond acceptors (Lipinski definition) is 3. The van der Waals surface area contributed by atoms with Crippen LogP contribution in [0, 0.1) is 0 Å².